The minimum Gasteiger partial charge on any atom is -0.362 e. The van der Waals surface area contributed by atoms with Crippen LogP contribution in [-0.2, 0) is 0 Å². The zero-order chi connectivity index (χ0) is 12.8. The first-order chi connectivity index (χ1) is 7.99. The van der Waals surface area contributed by atoms with Crippen molar-refractivity contribution in [3.8, 4) is 0 Å². The molecule has 0 amide bonds. The van der Waals surface area contributed by atoms with E-state index in [4.69, 9.17) is 12.2 Å². The first-order valence-corrected chi connectivity index (χ1v) is 7.15. The Morgan fingerprint density at radius 1 is 1.06 bits per heavy atom. The molecule has 0 aliphatic carbocycles. The smallest absolute Gasteiger partial charge is 0.169 e. The zero-order valence-corrected chi connectivity index (χ0v) is 12.5. The Balaban J connectivity index is 2.24. The molecule has 1 N–H and O–H groups in total. The maximum absolute atomic E-state index is 5.42. The molecule has 0 aromatic heterocycles. The third-order valence-electron chi connectivity index (χ3n) is 2.94. The summed E-state index contributed by atoms with van der Waals surface area (Å²) >= 11 is 5.42. The fourth-order valence-corrected chi connectivity index (χ4v) is 2.32. The normalized spacial score (nSPS) is 17.9. The minimum absolute atomic E-state index is 0.648. The monoisotopic (exact) mass is 257 g/mol. The predicted octanol–water partition coefficient (Wildman–Crippen LogP) is 1.79. The standard InChI is InChI=1S/C13H27N3S/c1-11(2)9-14-13(17)16-7-5-15(6-8-16)10-12(3)4/h11-12H,5-10H2,1-4H3,(H,14,17). The number of piperazine rings is 1. The number of hydrogen-bond donors (Lipinski definition) is 1. The van der Waals surface area contributed by atoms with E-state index < -0.39 is 0 Å². The van der Waals surface area contributed by atoms with Crippen molar-refractivity contribution < 1.29 is 0 Å². The van der Waals surface area contributed by atoms with Gasteiger partial charge in [0, 0.05) is 39.3 Å². The molecule has 0 bridgehead atoms. The fourth-order valence-electron chi connectivity index (χ4n) is 2.05. The van der Waals surface area contributed by atoms with Gasteiger partial charge in [-0.05, 0) is 24.1 Å². The molecule has 3 nitrogen and oxygen atoms in total. The van der Waals surface area contributed by atoms with E-state index in [0.717, 1.165) is 43.8 Å². The van der Waals surface area contributed by atoms with Crippen LogP contribution < -0.4 is 5.32 Å². The second kappa shape index (κ2) is 7.17. The summed E-state index contributed by atoms with van der Waals surface area (Å²) in [4.78, 5) is 4.83. The lowest BCUT2D eigenvalue weighted by atomic mass is 10.2. The quantitative estimate of drug-likeness (QED) is 0.774. The Hall–Kier alpha value is -0.350. The lowest BCUT2D eigenvalue weighted by molar-refractivity contribution is 0.165. The SMILES string of the molecule is CC(C)CNC(=S)N1CCN(CC(C)C)CC1. The van der Waals surface area contributed by atoms with E-state index in [1.807, 2.05) is 0 Å². The third-order valence-corrected chi connectivity index (χ3v) is 3.35. The Morgan fingerprint density at radius 2 is 1.65 bits per heavy atom. The van der Waals surface area contributed by atoms with Gasteiger partial charge in [0.25, 0.3) is 0 Å². The van der Waals surface area contributed by atoms with Crippen molar-refractivity contribution >= 4 is 17.3 Å². The number of rotatable bonds is 4. The maximum atomic E-state index is 5.42. The van der Waals surface area contributed by atoms with Crippen LogP contribution in [0.5, 0.6) is 0 Å². The highest BCUT2D eigenvalue weighted by Crippen LogP contribution is 2.05. The molecule has 4 heteroatoms. The van der Waals surface area contributed by atoms with Crippen LogP contribution in [0.1, 0.15) is 27.7 Å². The van der Waals surface area contributed by atoms with Gasteiger partial charge < -0.3 is 10.2 Å². The Kier molecular flexibility index (Phi) is 6.20. The summed E-state index contributed by atoms with van der Waals surface area (Å²) in [6.07, 6.45) is 0. The van der Waals surface area contributed by atoms with Crippen LogP contribution in [0.25, 0.3) is 0 Å². The van der Waals surface area contributed by atoms with Gasteiger partial charge in [0.2, 0.25) is 0 Å². The van der Waals surface area contributed by atoms with Crippen molar-refractivity contribution in [2.24, 2.45) is 11.8 Å². The van der Waals surface area contributed by atoms with Crippen LogP contribution in [0.3, 0.4) is 0 Å². The van der Waals surface area contributed by atoms with Crippen molar-refractivity contribution in [3.05, 3.63) is 0 Å². The number of thiocarbonyl (C=S) groups is 1. The Bertz CT molecular complexity index is 233. The second-order valence-corrected chi connectivity index (χ2v) is 6.15. The van der Waals surface area contributed by atoms with Gasteiger partial charge in [-0.1, -0.05) is 27.7 Å². The van der Waals surface area contributed by atoms with E-state index in [0.29, 0.717) is 5.92 Å². The summed E-state index contributed by atoms with van der Waals surface area (Å²) in [7, 11) is 0. The predicted molar refractivity (Wildman–Crippen MR) is 78.3 cm³/mol. The number of hydrogen-bond acceptors (Lipinski definition) is 2. The lowest BCUT2D eigenvalue weighted by Crippen LogP contribution is -2.52. The molecule has 1 fully saturated rings. The second-order valence-electron chi connectivity index (χ2n) is 5.76. The molecule has 0 saturated carbocycles. The Morgan fingerprint density at radius 3 is 2.12 bits per heavy atom. The first-order valence-electron chi connectivity index (χ1n) is 6.74. The van der Waals surface area contributed by atoms with Crippen molar-refractivity contribution in [2.45, 2.75) is 27.7 Å². The Labute approximate surface area is 112 Å². The zero-order valence-electron chi connectivity index (χ0n) is 11.7. The van der Waals surface area contributed by atoms with Gasteiger partial charge in [-0.25, -0.2) is 0 Å². The first kappa shape index (κ1) is 14.7. The molecule has 0 aromatic carbocycles. The summed E-state index contributed by atoms with van der Waals surface area (Å²) in [5.74, 6) is 1.41. The van der Waals surface area contributed by atoms with Crippen LogP contribution in [0.4, 0.5) is 0 Å². The minimum atomic E-state index is 0.648. The molecule has 1 heterocycles. The highest BCUT2D eigenvalue weighted by molar-refractivity contribution is 7.80. The summed E-state index contributed by atoms with van der Waals surface area (Å²) in [5, 5.41) is 4.28. The van der Waals surface area contributed by atoms with Gasteiger partial charge >= 0.3 is 0 Å². The van der Waals surface area contributed by atoms with Gasteiger partial charge in [0.1, 0.15) is 0 Å². The van der Waals surface area contributed by atoms with Crippen LogP contribution in [-0.4, -0.2) is 54.2 Å². The topological polar surface area (TPSA) is 18.5 Å². The molecule has 0 atom stereocenters. The molecule has 17 heavy (non-hydrogen) atoms. The molecular formula is C13H27N3S. The van der Waals surface area contributed by atoms with E-state index >= 15 is 0 Å². The molecule has 1 aliphatic rings. The average Bonchev–Trinajstić information content (AvgIpc) is 2.26. The number of nitrogens with one attached hydrogen (secondary N) is 1. The van der Waals surface area contributed by atoms with Crippen molar-refractivity contribution in [2.75, 3.05) is 39.3 Å². The van der Waals surface area contributed by atoms with E-state index in [2.05, 4.69) is 42.8 Å². The van der Waals surface area contributed by atoms with E-state index in [9.17, 15) is 0 Å². The van der Waals surface area contributed by atoms with Gasteiger partial charge in [-0.3, -0.25) is 4.90 Å². The molecule has 0 unspecified atom stereocenters. The van der Waals surface area contributed by atoms with Crippen molar-refractivity contribution in [3.63, 3.8) is 0 Å². The van der Waals surface area contributed by atoms with Crippen LogP contribution in [0, 0.1) is 11.8 Å². The molecule has 100 valence electrons. The molecule has 1 aliphatic heterocycles. The summed E-state index contributed by atoms with van der Waals surface area (Å²) in [5.41, 5.74) is 0. The summed E-state index contributed by atoms with van der Waals surface area (Å²) < 4.78 is 0. The molecule has 1 rings (SSSR count). The highest BCUT2D eigenvalue weighted by atomic mass is 32.1. The van der Waals surface area contributed by atoms with Crippen molar-refractivity contribution in [1.82, 2.24) is 15.1 Å². The lowest BCUT2D eigenvalue weighted by Gasteiger charge is -2.37. The van der Waals surface area contributed by atoms with Gasteiger partial charge in [0.15, 0.2) is 5.11 Å². The largest absolute Gasteiger partial charge is 0.362 e. The van der Waals surface area contributed by atoms with E-state index in [1.165, 1.54) is 6.54 Å². The molecule has 0 radical (unpaired) electrons. The van der Waals surface area contributed by atoms with E-state index in [1.54, 1.807) is 0 Å². The average molecular weight is 257 g/mol. The summed E-state index contributed by atoms with van der Waals surface area (Å²) in [6, 6.07) is 0. The molecule has 1 saturated heterocycles. The van der Waals surface area contributed by atoms with Crippen LogP contribution in [0.2, 0.25) is 0 Å². The fraction of sp³-hybridized carbons (Fsp3) is 0.923. The van der Waals surface area contributed by atoms with Gasteiger partial charge in [-0.2, -0.15) is 0 Å². The molecule has 0 spiro atoms. The number of nitrogens with zero attached hydrogens (tertiary/aromatic N) is 2. The van der Waals surface area contributed by atoms with Crippen molar-refractivity contribution in [1.29, 1.82) is 0 Å². The van der Waals surface area contributed by atoms with E-state index in [-0.39, 0.29) is 0 Å². The van der Waals surface area contributed by atoms with Crippen LogP contribution in [0.15, 0.2) is 0 Å². The van der Waals surface area contributed by atoms with Gasteiger partial charge in [-0.15, -0.1) is 0 Å². The summed E-state index contributed by atoms with van der Waals surface area (Å²) in [6.45, 7) is 15.6. The molecule has 0 aromatic rings. The maximum Gasteiger partial charge on any atom is 0.169 e. The third kappa shape index (κ3) is 5.68. The highest BCUT2D eigenvalue weighted by Gasteiger charge is 2.18. The van der Waals surface area contributed by atoms with Crippen LogP contribution >= 0.6 is 12.2 Å². The van der Waals surface area contributed by atoms with Gasteiger partial charge in [0.05, 0.1) is 0 Å². The molecular weight excluding hydrogens is 230 g/mol.